The number of benzene rings is 1. The maximum atomic E-state index is 13.6. The van der Waals surface area contributed by atoms with Gasteiger partial charge in [0.1, 0.15) is 17.6 Å². The Morgan fingerprint density at radius 3 is 2.46 bits per heavy atom. The molecular weight excluding hydrogens is 602 g/mol. The van der Waals surface area contributed by atoms with Gasteiger partial charge in [0.2, 0.25) is 17.6 Å². The van der Waals surface area contributed by atoms with Gasteiger partial charge in [0.05, 0.1) is 29.4 Å². The van der Waals surface area contributed by atoms with Gasteiger partial charge in [-0.2, -0.15) is 5.48 Å². The van der Waals surface area contributed by atoms with Crippen LogP contribution in [0.5, 0.6) is 5.75 Å². The summed E-state index contributed by atoms with van der Waals surface area (Å²) in [5, 5.41) is 46.4. The van der Waals surface area contributed by atoms with E-state index in [2.05, 4.69) is 17.7 Å². The van der Waals surface area contributed by atoms with Gasteiger partial charge in [0, 0.05) is 23.8 Å². The summed E-state index contributed by atoms with van der Waals surface area (Å²) in [7, 11) is 0. The monoisotopic (exact) mass is 637 g/mol. The van der Waals surface area contributed by atoms with Crippen molar-refractivity contribution in [2.24, 2.45) is 23.5 Å². The quantitative estimate of drug-likeness (QED) is 0.130. The Morgan fingerprint density at radius 1 is 1.17 bits per heavy atom. The third-order valence-electron chi connectivity index (χ3n) is 8.93. The lowest BCUT2D eigenvalue weighted by molar-refractivity contribution is -0.167. The number of aliphatic hydroxyl groups excluding tert-OH is 2. The van der Waals surface area contributed by atoms with E-state index in [-0.39, 0.29) is 58.3 Å². The first-order chi connectivity index (χ1) is 18.9. The first-order valence-electron chi connectivity index (χ1n) is 13.7. The number of nitrogens with one attached hydrogen (secondary N) is 2. The molecule has 0 heterocycles. The topological polar surface area (TPSA) is 209 Å². The molecule has 3 fully saturated rings. The van der Waals surface area contributed by atoms with Gasteiger partial charge in [0.15, 0.2) is 11.4 Å². The molecule has 41 heavy (non-hydrogen) atoms. The number of anilines is 1. The first-order valence-corrected chi connectivity index (χ1v) is 13.7. The number of amides is 2. The number of halogens is 1. The smallest absolute Gasteiger partial charge is 0.243 e. The van der Waals surface area contributed by atoms with Crippen LogP contribution in [0.1, 0.15) is 69.4 Å². The van der Waals surface area contributed by atoms with Crippen LogP contribution in [0.3, 0.4) is 0 Å². The Bertz CT molecular complexity index is 1310. The largest absolute Gasteiger partial charge is 0.507 e. The SMILES string of the molecule is Br.CCC(NOC1CC(C)C1)C(=O)Nc1ccc2c(c1O)C(O)=C1C(=O)C3(O)C(=O)CC(O)CC3CC1C2C(N)=O. The molecular formula is C28H36BrN3O9. The van der Waals surface area contributed by atoms with Gasteiger partial charge in [-0.1, -0.05) is 19.9 Å². The highest BCUT2D eigenvalue weighted by Gasteiger charge is 2.62. The highest BCUT2D eigenvalue weighted by atomic mass is 79.9. The summed E-state index contributed by atoms with van der Waals surface area (Å²) in [5.41, 5.74) is 5.42. The van der Waals surface area contributed by atoms with Crippen molar-refractivity contribution >= 4 is 51.8 Å². The van der Waals surface area contributed by atoms with Crippen LogP contribution < -0.4 is 16.5 Å². The van der Waals surface area contributed by atoms with Crippen molar-refractivity contribution in [2.45, 2.75) is 82.1 Å². The van der Waals surface area contributed by atoms with Crippen molar-refractivity contribution in [3.8, 4) is 5.75 Å². The Labute approximate surface area is 247 Å². The van der Waals surface area contributed by atoms with Crippen molar-refractivity contribution in [3.05, 3.63) is 28.8 Å². The number of hydroxylamine groups is 1. The minimum Gasteiger partial charge on any atom is -0.507 e. The number of hydrogen-bond donors (Lipinski definition) is 7. The maximum absolute atomic E-state index is 13.6. The number of Topliss-reactive ketones (excluding diaryl/α,β-unsaturated/α-hetero) is 2. The van der Waals surface area contributed by atoms with E-state index in [9.17, 15) is 39.6 Å². The maximum Gasteiger partial charge on any atom is 0.243 e. The van der Waals surface area contributed by atoms with Crippen molar-refractivity contribution < 1.29 is 44.4 Å². The second-order valence-corrected chi connectivity index (χ2v) is 11.6. The minimum atomic E-state index is -2.47. The summed E-state index contributed by atoms with van der Waals surface area (Å²) in [6.45, 7) is 3.89. The van der Waals surface area contributed by atoms with E-state index in [1.807, 2.05) is 0 Å². The summed E-state index contributed by atoms with van der Waals surface area (Å²) in [6.07, 6.45) is 0.567. The molecule has 0 aromatic heterocycles. The van der Waals surface area contributed by atoms with E-state index >= 15 is 0 Å². The molecule has 6 atom stereocenters. The average Bonchev–Trinajstić information content (AvgIpc) is 2.86. The Morgan fingerprint density at radius 2 is 1.85 bits per heavy atom. The van der Waals surface area contributed by atoms with Crippen LogP contribution in [0.15, 0.2) is 17.7 Å². The van der Waals surface area contributed by atoms with Crippen molar-refractivity contribution in [1.82, 2.24) is 5.48 Å². The van der Waals surface area contributed by atoms with Crippen LogP contribution in [0.2, 0.25) is 0 Å². The number of aromatic hydroxyl groups is 1. The number of nitrogens with two attached hydrogens (primary N) is 1. The number of carbonyl (C=O) groups is 4. The van der Waals surface area contributed by atoms with Crippen LogP contribution in [-0.4, -0.2) is 67.7 Å². The standard InChI is InChI=1S/C28H35N3O9.BrH/c1-3-17(31-40-14-6-11(2)7-14)27(38)30-18-5-4-15-20(26(29)37)16-9-12-8-13(32)10-19(33)28(12,39)25(36)22(16)24(35)21(15)23(18)34;/h4-5,11-14,16-17,20,31-32,34-35,39H,3,6-10H2,1-2H3,(H2,29,37)(H,30,38);1H. The van der Waals surface area contributed by atoms with E-state index in [4.69, 9.17) is 10.6 Å². The van der Waals surface area contributed by atoms with Crippen LogP contribution in [0.25, 0.3) is 5.76 Å². The van der Waals surface area contributed by atoms with Crippen LogP contribution in [0.4, 0.5) is 5.69 Å². The molecule has 4 aliphatic rings. The summed E-state index contributed by atoms with van der Waals surface area (Å²) < 4.78 is 0. The fraction of sp³-hybridized carbons (Fsp3) is 0.571. The average molecular weight is 639 g/mol. The molecule has 8 N–H and O–H groups in total. The molecule has 6 unspecified atom stereocenters. The predicted molar refractivity (Wildman–Crippen MR) is 151 cm³/mol. The molecule has 3 saturated carbocycles. The van der Waals surface area contributed by atoms with Gasteiger partial charge in [0.25, 0.3) is 0 Å². The molecule has 224 valence electrons. The van der Waals surface area contributed by atoms with Gasteiger partial charge in [-0.15, -0.1) is 17.0 Å². The zero-order valence-electron chi connectivity index (χ0n) is 22.8. The third kappa shape index (κ3) is 5.07. The lowest BCUT2D eigenvalue weighted by Crippen LogP contribution is -2.62. The first kappa shape index (κ1) is 31.1. The van der Waals surface area contributed by atoms with Crippen LogP contribution in [0, 0.1) is 17.8 Å². The summed E-state index contributed by atoms with van der Waals surface area (Å²) >= 11 is 0. The number of carbonyl (C=O) groups excluding carboxylic acids is 4. The molecule has 5 rings (SSSR count). The number of ketones is 2. The number of aliphatic hydroxyl groups is 3. The van der Waals surface area contributed by atoms with E-state index in [0.717, 1.165) is 12.8 Å². The predicted octanol–water partition coefficient (Wildman–Crippen LogP) is 1.52. The fourth-order valence-corrected chi connectivity index (χ4v) is 6.71. The zero-order valence-corrected chi connectivity index (χ0v) is 24.5. The lowest BCUT2D eigenvalue weighted by Gasteiger charge is -2.48. The number of primary amides is 1. The van der Waals surface area contributed by atoms with E-state index in [1.165, 1.54) is 12.1 Å². The number of hydrogen-bond acceptors (Lipinski definition) is 10. The van der Waals surface area contributed by atoms with Crippen LogP contribution >= 0.6 is 17.0 Å². The van der Waals surface area contributed by atoms with Gasteiger partial charge >= 0.3 is 0 Å². The summed E-state index contributed by atoms with van der Waals surface area (Å²) in [5.74, 6) is -7.19. The molecule has 0 bridgehead atoms. The van der Waals surface area contributed by atoms with E-state index in [1.54, 1.807) is 6.92 Å². The van der Waals surface area contributed by atoms with E-state index < -0.39 is 76.8 Å². The molecule has 0 radical (unpaired) electrons. The van der Waals surface area contributed by atoms with Gasteiger partial charge in [-0.3, -0.25) is 24.0 Å². The Hall–Kier alpha value is -2.84. The highest BCUT2D eigenvalue weighted by molar-refractivity contribution is 8.93. The Balaban J connectivity index is 0.00000387. The normalized spacial score (nSPS) is 33.0. The zero-order chi connectivity index (χ0) is 29.1. The molecule has 12 nitrogen and oxygen atoms in total. The van der Waals surface area contributed by atoms with Crippen molar-refractivity contribution in [3.63, 3.8) is 0 Å². The van der Waals surface area contributed by atoms with Gasteiger partial charge in [-0.05, 0) is 49.7 Å². The number of phenolic OH excluding ortho intramolecular Hbond substituents is 1. The number of rotatable bonds is 7. The molecule has 0 aliphatic heterocycles. The molecule has 1 aromatic rings. The molecule has 2 amide bonds. The summed E-state index contributed by atoms with van der Waals surface area (Å²) in [6, 6.07) is 2.05. The number of phenols is 1. The van der Waals surface area contributed by atoms with Crippen molar-refractivity contribution in [2.75, 3.05) is 5.32 Å². The van der Waals surface area contributed by atoms with Crippen molar-refractivity contribution in [1.29, 1.82) is 0 Å². The fourth-order valence-electron chi connectivity index (χ4n) is 6.71. The molecule has 13 heteroatoms. The van der Waals surface area contributed by atoms with Gasteiger partial charge < -0.3 is 31.5 Å². The second kappa shape index (κ2) is 11.4. The number of fused-ring (bicyclic) bond motifs is 3. The summed E-state index contributed by atoms with van der Waals surface area (Å²) in [4.78, 5) is 57.6. The van der Waals surface area contributed by atoms with Gasteiger partial charge in [-0.25, -0.2) is 0 Å². The Kier molecular flexibility index (Phi) is 8.68. The second-order valence-electron chi connectivity index (χ2n) is 11.6. The molecule has 0 spiro atoms. The third-order valence-corrected chi connectivity index (χ3v) is 8.93. The molecule has 0 saturated heterocycles. The van der Waals surface area contributed by atoms with Crippen LogP contribution in [-0.2, 0) is 24.0 Å². The molecule has 1 aromatic carbocycles. The van der Waals surface area contributed by atoms with E-state index in [0.29, 0.717) is 12.3 Å². The molecule has 4 aliphatic carbocycles. The highest BCUT2D eigenvalue weighted by Crippen LogP contribution is 2.55. The lowest BCUT2D eigenvalue weighted by atomic mass is 9.56. The minimum absolute atomic E-state index is 0.